The van der Waals surface area contributed by atoms with Gasteiger partial charge in [-0.25, -0.2) is 0 Å². The molecule has 1 saturated heterocycles. The van der Waals surface area contributed by atoms with Crippen molar-refractivity contribution in [1.29, 1.82) is 0 Å². The van der Waals surface area contributed by atoms with Crippen molar-refractivity contribution in [3.63, 3.8) is 0 Å². The van der Waals surface area contributed by atoms with Crippen LogP contribution >= 0.6 is 11.6 Å². The highest BCUT2D eigenvalue weighted by molar-refractivity contribution is 6.31. The summed E-state index contributed by atoms with van der Waals surface area (Å²) >= 11 is 6.17. The monoisotopic (exact) mass is 323 g/mol. The van der Waals surface area contributed by atoms with Gasteiger partial charge in [0, 0.05) is 24.2 Å². The molecule has 122 valence electrons. The zero-order chi connectivity index (χ0) is 15.9. The van der Waals surface area contributed by atoms with Crippen molar-refractivity contribution in [3.05, 3.63) is 34.9 Å². The molecule has 0 N–H and O–H groups in total. The molecule has 1 aromatic rings. The Kier molecular flexibility index (Phi) is 6.71. The van der Waals surface area contributed by atoms with E-state index in [-0.39, 0.29) is 12.0 Å². The molecule has 1 aromatic carbocycles. The maximum atomic E-state index is 12.7. The van der Waals surface area contributed by atoms with Crippen LogP contribution < -0.4 is 0 Å². The summed E-state index contributed by atoms with van der Waals surface area (Å²) in [5, 5.41) is 0.674. The molecule has 1 aliphatic rings. The molecule has 1 unspecified atom stereocenters. The van der Waals surface area contributed by atoms with E-state index in [1.807, 2.05) is 43.0 Å². The quantitative estimate of drug-likeness (QED) is 0.789. The summed E-state index contributed by atoms with van der Waals surface area (Å²) in [6.07, 6.45) is 4.93. The van der Waals surface area contributed by atoms with Crippen molar-refractivity contribution in [3.8, 4) is 0 Å². The number of carbonyl (C=O) groups is 1. The zero-order valence-corrected chi connectivity index (χ0v) is 14.3. The Morgan fingerprint density at radius 1 is 1.36 bits per heavy atom. The second kappa shape index (κ2) is 8.54. The Balaban J connectivity index is 1.94. The number of amides is 1. The van der Waals surface area contributed by atoms with Gasteiger partial charge in [0.25, 0.3) is 0 Å². The molecule has 0 aromatic heterocycles. The normalized spacial score (nSPS) is 18.7. The molecular weight excluding hydrogens is 298 g/mol. The number of nitrogens with zero attached hydrogens (tertiary/aromatic N) is 1. The van der Waals surface area contributed by atoms with Crippen LogP contribution in [-0.2, 0) is 16.0 Å². The second-order valence-corrected chi connectivity index (χ2v) is 6.62. The van der Waals surface area contributed by atoms with E-state index in [2.05, 4.69) is 0 Å². The summed E-state index contributed by atoms with van der Waals surface area (Å²) in [6.45, 7) is 5.66. The zero-order valence-electron chi connectivity index (χ0n) is 13.6. The second-order valence-electron chi connectivity index (χ2n) is 6.21. The third kappa shape index (κ3) is 4.99. The number of carbonyl (C=O) groups excluding carboxylic acids is 1. The molecule has 0 aliphatic carbocycles. The SMILES string of the molecule is CC(C)OCCC1CCCCN1C(=O)Cc1ccccc1Cl. The summed E-state index contributed by atoms with van der Waals surface area (Å²) < 4.78 is 5.65. The van der Waals surface area contributed by atoms with Gasteiger partial charge < -0.3 is 9.64 Å². The minimum atomic E-state index is 0.183. The van der Waals surface area contributed by atoms with Crippen LogP contribution in [0, 0.1) is 0 Å². The molecule has 1 atom stereocenters. The van der Waals surface area contributed by atoms with Gasteiger partial charge in [0.1, 0.15) is 0 Å². The average Bonchev–Trinajstić information content (AvgIpc) is 2.49. The van der Waals surface area contributed by atoms with Gasteiger partial charge in [-0.05, 0) is 51.2 Å². The first-order chi connectivity index (χ1) is 10.6. The van der Waals surface area contributed by atoms with Crippen LogP contribution in [0.1, 0.15) is 45.1 Å². The maximum absolute atomic E-state index is 12.7. The lowest BCUT2D eigenvalue weighted by atomic mass is 9.98. The van der Waals surface area contributed by atoms with Gasteiger partial charge in [0.15, 0.2) is 0 Å². The fourth-order valence-corrected chi connectivity index (χ4v) is 3.18. The van der Waals surface area contributed by atoms with Gasteiger partial charge >= 0.3 is 0 Å². The highest BCUT2D eigenvalue weighted by atomic mass is 35.5. The van der Waals surface area contributed by atoms with Crippen LogP contribution in [0.2, 0.25) is 5.02 Å². The van der Waals surface area contributed by atoms with Gasteiger partial charge in [0.2, 0.25) is 5.91 Å². The molecule has 1 aliphatic heterocycles. The number of hydrogen-bond donors (Lipinski definition) is 0. The third-order valence-corrected chi connectivity index (χ3v) is 4.52. The molecular formula is C18H26ClNO2. The molecule has 3 nitrogen and oxygen atoms in total. The van der Waals surface area contributed by atoms with E-state index in [1.54, 1.807) is 0 Å². The van der Waals surface area contributed by atoms with Crippen LogP contribution in [-0.4, -0.2) is 36.1 Å². The molecule has 0 spiro atoms. The van der Waals surface area contributed by atoms with E-state index in [4.69, 9.17) is 16.3 Å². The molecule has 0 saturated carbocycles. The number of benzene rings is 1. The average molecular weight is 324 g/mol. The van der Waals surface area contributed by atoms with E-state index in [1.165, 1.54) is 6.42 Å². The molecule has 1 heterocycles. The van der Waals surface area contributed by atoms with Gasteiger partial charge in [-0.15, -0.1) is 0 Å². The van der Waals surface area contributed by atoms with Gasteiger partial charge in [-0.1, -0.05) is 29.8 Å². The van der Waals surface area contributed by atoms with E-state index < -0.39 is 0 Å². The summed E-state index contributed by atoms with van der Waals surface area (Å²) in [5.74, 6) is 0.183. The molecule has 22 heavy (non-hydrogen) atoms. The highest BCUT2D eigenvalue weighted by Crippen LogP contribution is 2.23. The number of likely N-dealkylation sites (tertiary alicyclic amines) is 1. The lowest BCUT2D eigenvalue weighted by Gasteiger charge is -2.36. The first kappa shape index (κ1) is 17.3. The summed E-state index contributed by atoms with van der Waals surface area (Å²) in [7, 11) is 0. The molecule has 1 fully saturated rings. The number of halogens is 1. The Hall–Kier alpha value is -1.06. The number of rotatable bonds is 6. The van der Waals surface area contributed by atoms with E-state index in [0.717, 1.165) is 38.0 Å². The van der Waals surface area contributed by atoms with Crippen LogP contribution in [0.15, 0.2) is 24.3 Å². The standard InChI is InChI=1S/C18H26ClNO2/c1-14(2)22-12-10-16-8-5-6-11-20(16)18(21)13-15-7-3-4-9-17(15)19/h3-4,7,9,14,16H,5-6,8,10-13H2,1-2H3. The molecule has 1 amide bonds. The van der Waals surface area contributed by atoms with Gasteiger partial charge in [0.05, 0.1) is 12.5 Å². The summed E-state index contributed by atoms with van der Waals surface area (Å²) in [6, 6.07) is 7.90. The van der Waals surface area contributed by atoms with E-state index in [0.29, 0.717) is 17.5 Å². The predicted molar refractivity (Wildman–Crippen MR) is 90.2 cm³/mol. The first-order valence-electron chi connectivity index (χ1n) is 8.22. The highest BCUT2D eigenvalue weighted by Gasteiger charge is 2.26. The van der Waals surface area contributed by atoms with Crippen molar-refractivity contribution in [1.82, 2.24) is 4.90 Å². The maximum Gasteiger partial charge on any atom is 0.227 e. The van der Waals surface area contributed by atoms with Crippen molar-refractivity contribution in [2.24, 2.45) is 0 Å². The number of ether oxygens (including phenoxy) is 1. The number of hydrogen-bond acceptors (Lipinski definition) is 2. The van der Waals surface area contributed by atoms with Crippen LogP contribution in [0.4, 0.5) is 0 Å². The van der Waals surface area contributed by atoms with E-state index >= 15 is 0 Å². The van der Waals surface area contributed by atoms with E-state index in [9.17, 15) is 4.79 Å². The Morgan fingerprint density at radius 2 is 2.14 bits per heavy atom. The molecule has 2 rings (SSSR count). The first-order valence-corrected chi connectivity index (χ1v) is 8.60. The Labute approximate surface area is 138 Å². The van der Waals surface area contributed by atoms with Crippen LogP contribution in [0.25, 0.3) is 0 Å². The Morgan fingerprint density at radius 3 is 2.86 bits per heavy atom. The number of piperidine rings is 1. The third-order valence-electron chi connectivity index (χ3n) is 4.15. The minimum absolute atomic E-state index is 0.183. The van der Waals surface area contributed by atoms with Crippen molar-refractivity contribution in [2.75, 3.05) is 13.2 Å². The van der Waals surface area contributed by atoms with Gasteiger partial charge in [-0.3, -0.25) is 4.79 Å². The van der Waals surface area contributed by atoms with Crippen LogP contribution in [0.5, 0.6) is 0 Å². The minimum Gasteiger partial charge on any atom is -0.379 e. The fraction of sp³-hybridized carbons (Fsp3) is 0.611. The fourth-order valence-electron chi connectivity index (χ4n) is 2.98. The smallest absolute Gasteiger partial charge is 0.227 e. The molecule has 4 heteroatoms. The van der Waals surface area contributed by atoms with Crippen LogP contribution in [0.3, 0.4) is 0 Å². The summed E-state index contributed by atoms with van der Waals surface area (Å²) in [5.41, 5.74) is 0.914. The molecule has 0 bridgehead atoms. The largest absolute Gasteiger partial charge is 0.379 e. The van der Waals surface area contributed by atoms with Gasteiger partial charge in [-0.2, -0.15) is 0 Å². The lowest BCUT2D eigenvalue weighted by Crippen LogP contribution is -2.45. The van der Waals surface area contributed by atoms with Crippen molar-refractivity contribution >= 4 is 17.5 Å². The Bertz CT molecular complexity index is 490. The van der Waals surface area contributed by atoms with Crippen molar-refractivity contribution < 1.29 is 9.53 Å². The van der Waals surface area contributed by atoms with Crippen molar-refractivity contribution in [2.45, 2.75) is 58.1 Å². The predicted octanol–water partition coefficient (Wildman–Crippen LogP) is 4.08. The molecule has 0 radical (unpaired) electrons. The summed E-state index contributed by atoms with van der Waals surface area (Å²) in [4.78, 5) is 14.7. The topological polar surface area (TPSA) is 29.5 Å². The lowest BCUT2D eigenvalue weighted by molar-refractivity contribution is -0.134.